The van der Waals surface area contributed by atoms with Crippen molar-refractivity contribution in [3.05, 3.63) is 42.0 Å². The molecule has 1 aliphatic carbocycles. The average Bonchev–Trinajstić information content (AvgIpc) is 3.08. The molecule has 3 rings (SSSR count). The van der Waals surface area contributed by atoms with Crippen LogP contribution in [0.3, 0.4) is 0 Å². The molecular formula is C18H24N4O2. The quantitative estimate of drug-likeness (QED) is 0.913. The fourth-order valence-corrected chi connectivity index (χ4v) is 3.40. The Hall–Kier alpha value is -2.37. The molecule has 2 aromatic rings. The van der Waals surface area contributed by atoms with Crippen LogP contribution in [0.2, 0.25) is 0 Å². The lowest BCUT2D eigenvalue weighted by atomic mass is 9.87. The van der Waals surface area contributed by atoms with Gasteiger partial charge in [0.25, 0.3) is 0 Å². The Kier molecular flexibility index (Phi) is 4.83. The van der Waals surface area contributed by atoms with E-state index in [2.05, 4.69) is 27.6 Å². The topological polar surface area (TPSA) is 69.0 Å². The van der Waals surface area contributed by atoms with Gasteiger partial charge in [0.05, 0.1) is 7.11 Å². The van der Waals surface area contributed by atoms with Crippen LogP contribution >= 0.6 is 0 Å². The molecule has 0 bridgehead atoms. The first-order valence-electron chi connectivity index (χ1n) is 8.38. The van der Waals surface area contributed by atoms with Crippen LogP contribution in [0.25, 0.3) is 0 Å². The number of ether oxygens (including phenoxy) is 1. The third-order valence-electron chi connectivity index (χ3n) is 4.65. The van der Waals surface area contributed by atoms with Gasteiger partial charge in [-0.05, 0) is 48.4 Å². The highest BCUT2D eigenvalue weighted by molar-refractivity contribution is 5.80. The van der Waals surface area contributed by atoms with Crippen LogP contribution < -0.4 is 10.1 Å². The van der Waals surface area contributed by atoms with Crippen LogP contribution in [0.4, 0.5) is 0 Å². The minimum absolute atomic E-state index is 0.0340. The van der Waals surface area contributed by atoms with Crippen molar-refractivity contribution in [2.75, 3.05) is 7.11 Å². The van der Waals surface area contributed by atoms with Gasteiger partial charge in [-0.3, -0.25) is 4.79 Å². The molecular weight excluding hydrogens is 304 g/mol. The van der Waals surface area contributed by atoms with Gasteiger partial charge in [-0.1, -0.05) is 19.9 Å². The number of carbonyl (C=O) groups excluding carboxylic acids is 1. The van der Waals surface area contributed by atoms with E-state index in [1.807, 2.05) is 19.9 Å². The van der Waals surface area contributed by atoms with Crippen LogP contribution in [-0.2, 0) is 17.6 Å². The van der Waals surface area contributed by atoms with E-state index in [1.165, 1.54) is 11.1 Å². The molecule has 0 aliphatic heterocycles. The molecule has 2 unspecified atom stereocenters. The molecule has 1 aromatic carbocycles. The van der Waals surface area contributed by atoms with E-state index in [9.17, 15) is 4.79 Å². The number of nitrogens with one attached hydrogen (secondary N) is 1. The molecule has 0 saturated carbocycles. The Morgan fingerprint density at radius 1 is 1.29 bits per heavy atom. The second-order valence-corrected chi connectivity index (χ2v) is 6.68. The Balaban J connectivity index is 1.68. The van der Waals surface area contributed by atoms with E-state index in [4.69, 9.17) is 4.74 Å². The van der Waals surface area contributed by atoms with E-state index in [-0.39, 0.29) is 23.9 Å². The average molecular weight is 328 g/mol. The Morgan fingerprint density at radius 2 is 2.04 bits per heavy atom. The molecule has 1 aromatic heterocycles. The minimum atomic E-state index is -0.280. The zero-order chi connectivity index (χ0) is 17.1. The maximum atomic E-state index is 12.8. The summed E-state index contributed by atoms with van der Waals surface area (Å²) in [6.07, 6.45) is 5.97. The van der Waals surface area contributed by atoms with Crippen molar-refractivity contribution in [1.82, 2.24) is 20.1 Å². The Bertz CT molecular complexity index is 697. The summed E-state index contributed by atoms with van der Waals surface area (Å²) in [4.78, 5) is 12.8. The summed E-state index contributed by atoms with van der Waals surface area (Å²) in [5, 5.41) is 10.9. The number of hydrogen-bond acceptors (Lipinski definition) is 4. The zero-order valence-electron chi connectivity index (χ0n) is 14.4. The number of rotatable bonds is 5. The highest BCUT2D eigenvalue weighted by Crippen LogP contribution is 2.26. The minimum Gasteiger partial charge on any atom is -0.497 e. The van der Waals surface area contributed by atoms with Crippen molar-refractivity contribution in [2.24, 2.45) is 5.92 Å². The predicted octanol–water partition coefficient (Wildman–Crippen LogP) is 2.16. The SMILES string of the molecule is COc1ccc2c(c1)CCC(NC(=O)C(C(C)C)n1cnnc1)C2. The highest BCUT2D eigenvalue weighted by atomic mass is 16.5. The standard InChI is InChI=1S/C18H24N4O2/c1-12(2)17(22-10-19-20-11-22)18(23)21-15-6-4-14-9-16(24-3)7-5-13(14)8-15/h5,7,9-12,15,17H,4,6,8H2,1-3H3,(H,21,23). The van der Waals surface area contributed by atoms with Crippen LogP contribution in [0.1, 0.15) is 37.4 Å². The number of benzene rings is 1. The molecule has 6 nitrogen and oxygen atoms in total. The molecule has 24 heavy (non-hydrogen) atoms. The molecule has 2 atom stereocenters. The van der Waals surface area contributed by atoms with Gasteiger partial charge in [0, 0.05) is 6.04 Å². The second-order valence-electron chi connectivity index (χ2n) is 6.68. The van der Waals surface area contributed by atoms with Crippen molar-refractivity contribution >= 4 is 5.91 Å². The van der Waals surface area contributed by atoms with Crippen molar-refractivity contribution in [2.45, 2.75) is 45.2 Å². The fraction of sp³-hybridized carbons (Fsp3) is 0.500. The number of fused-ring (bicyclic) bond motifs is 1. The number of amides is 1. The van der Waals surface area contributed by atoms with Crippen molar-refractivity contribution in [3.8, 4) is 5.75 Å². The second kappa shape index (κ2) is 7.03. The molecule has 128 valence electrons. The van der Waals surface area contributed by atoms with Gasteiger partial charge in [-0.2, -0.15) is 0 Å². The summed E-state index contributed by atoms with van der Waals surface area (Å²) in [6.45, 7) is 4.07. The first-order chi connectivity index (χ1) is 11.6. The summed E-state index contributed by atoms with van der Waals surface area (Å²) < 4.78 is 7.07. The smallest absolute Gasteiger partial charge is 0.243 e. The van der Waals surface area contributed by atoms with Gasteiger partial charge < -0.3 is 14.6 Å². The summed E-state index contributed by atoms with van der Waals surface area (Å²) in [7, 11) is 1.69. The van der Waals surface area contributed by atoms with Crippen LogP contribution in [0.5, 0.6) is 5.75 Å². The third-order valence-corrected chi connectivity index (χ3v) is 4.65. The molecule has 1 heterocycles. The lowest BCUT2D eigenvalue weighted by molar-refractivity contribution is -0.126. The normalized spacial score (nSPS) is 18.1. The maximum Gasteiger partial charge on any atom is 0.243 e. The highest BCUT2D eigenvalue weighted by Gasteiger charge is 2.27. The van der Waals surface area contributed by atoms with E-state index >= 15 is 0 Å². The lowest BCUT2D eigenvalue weighted by Crippen LogP contribution is -2.43. The number of methoxy groups -OCH3 is 1. The number of aryl methyl sites for hydroxylation is 1. The van der Waals surface area contributed by atoms with E-state index < -0.39 is 0 Å². The molecule has 1 amide bonds. The molecule has 0 spiro atoms. The largest absolute Gasteiger partial charge is 0.497 e. The number of aromatic nitrogens is 3. The maximum absolute atomic E-state index is 12.8. The van der Waals surface area contributed by atoms with Gasteiger partial charge >= 0.3 is 0 Å². The third kappa shape index (κ3) is 3.42. The van der Waals surface area contributed by atoms with Crippen LogP contribution in [-0.4, -0.2) is 33.8 Å². The molecule has 1 aliphatic rings. The molecule has 0 saturated heterocycles. The first kappa shape index (κ1) is 16.5. The van der Waals surface area contributed by atoms with Gasteiger partial charge in [-0.15, -0.1) is 10.2 Å². The molecule has 6 heteroatoms. The van der Waals surface area contributed by atoms with Gasteiger partial charge in [0.2, 0.25) is 5.91 Å². The summed E-state index contributed by atoms with van der Waals surface area (Å²) >= 11 is 0. The summed E-state index contributed by atoms with van der Waals surface area (Å²) in [5.74, 6) is 1.09. The van der Waals surface area contributed by atoms with E-state index in [1.54, 1.807) is 24.3 Å². The van der Waals surface area contributed by atoms with Gasteiger partial charge in [0.15, 0.2) is 0 Å². The Labute approximate surface area is 142 Å². The van der Waals surface area contributed by atoms with Crippen LogP contribution in [0, 0.1) is 5.92 Å². The van der Waals surface area contributed by atoms with E-state index in [0.29, 0.717) is 0 Å². The summed E-state index contributed by atoms with van der Waals surface area (Å²) in [6, 6.07) is 6.07. The zero-order valence-corrected chi connectivity index (χ0v) is 14.4. The molecule has 1 N–H and O–H groups in total. The van der Waals surface area contributed by atoms with Crippen molar-refractivity contribution in [1.29, 1.82) is 0 Å². The fourth-order valence-electron chi connectivity index (χ4n) is 3.40. The lowest BCUT2D eigenvalue weighted by Gasteiger charge is -2.29. The van der Waals surface area contributed by atoms with Crippen molar-refractivity contribution < 1.29 is 9.53 Å². The Morgan fingerprint density at radius 3 is 2.71 bits per heavy atom. The number of nitrogens with zero attached hydrogens (tertiary/aromatic N) is 3. The molecule has 0 fully saturated rings. The monoisotopic (exact) mass is 328 g/mol. The summed E-state index contributed by atoms with van der Waals surface area (Å²) in [5.41, 5.74) is 2.61. The number of carbonyl (C=O) groups is 1. The van der Waals surface area contributed by atoms with E-state index in [0.717, 1.165) is 25.0 Å². The van der Waals surface area contributed by atoms with Crippen LogP contribution in [0.15, 0.2) is 30.9 Å². The van der Waals surface area contributed by atoms with Gasteiger partial charge in [-0.25, -0.2) is 0 Å². The number of hydrogen-bond donors (Lipinski definition) is 1. The van der Waals surface area contributed by atoms with Crippen molar-refractivity contribution in [3.63, 3.8) is 0 Å². The van der Waals surface area contributed by atoms with Gasteiger partial charge in [0.1, 0.15) is 24.4 Å². The predicted molar refractivity (Wildman–Crippen MR) is 90.8 cm³/mol. The molecule has 0 radical (unpaired) electrons. The first-order valence-corrected chi connectivity index (χ1v) is 8.38.